The van der Waals surface area contributed by atoms with Gasteiger partial charge in [-0.15, -0.1) is 12.4 Å². The van der Waals surface area contributed by atoms with E-state index in [1.165, 1.54) is 32.1 Å². The fraction of sp³-hybridized carbons (Fsp3) is 0.929. The molecule has 1 heterocycles. The van der Waals surface area contributed by atoms with E-state index in [9.17, 15) is 4.79 Å². The summed E-state index contributed by atoms with van der Waals surface area (Å²) in [7, 11) is 0. The summed E-state index contributed by atoms with van der Waals surface area (Å²) in [4.78, 5) is 13.8. The zero-order valence-electron chi connectivity index (χ0n) is 11.9. The van der Waals surface area contributed by atoms with E-state index in [-0.39, 0.29) is 24.4 Å². The second kappa shape index (κ2) is 9.62. The van der Waals surface area contributed by atoms with Crippen molar-refractivity contribution < 1.29 is 4.79 Å². The van der Waals surface area contributed by atoms with Crippen LogP contribution in [0.25, 0.3) is 0 Å². The summed E-state index contributed by atoms with van der Waals surface area (Å²) in [6.07, 6.45) is 8.49. The lowest BCUT2D eigenvalue weighted by atomic mass is 9.95. The van der Waals surface area contributed by atoms with Crippen molar-refractivity contribution in [2.45, 2.75) is 64.8 Å². The minimum atomic E-state index is -0.251. The molecule has 0 aliphatic carbocycles. The van der Waals surface area contributed by atoms with E-state index in [2.05, 4.69) is 13.8 Å². The van der Waals surface area contributed by atoms with Crippen molar-refractivity contribution >= 4 is 18.3 Å². The monoisotopic (exact) mass is 276 g/mol. The quantitative estimate of drug-likeness (QED) is 0.727. The Labute approximate surface area is 118 Å². The fourth-order valence-corrected chi connectivity index (χ4v) is 2.59. The summed E-state index contributed by atoms with van der Waals surface area (Å²) in [5, 5.41) is 0. The molecule has 1 amide bonds. The highest BCUT2D eigenvalue weighted by molar-refractivity contribution is 5.85. The number of nitrogens with two attached hydrogens (primary N) is 1. The molecule has 1 aliphatic rings. The third kappa shape index (κ3) is 6.05. The first-order valence-electron chi connectivity index (χ1n) is 7.19. The highest BCUT2D eigenvalue weighted by Gasteiger charge is 2.29. The van der Waals surface area contributed by atoms with Gasteiger partial charge in [0, 0.05) is 13.1 Å². The molecule has 2 N–H and O–H groups in total. The molecule has 1 fully saturated rings. The van der Waals surface area contributed by atoms with Crippen LogP contribution in [0.1, 0.15) is 58.8 Å². The Morgan fingerprint density at radius 3 is 2.50 bits per heavy atom. The summed E-state index contributed by atoms with van der Waals surface area (Å²) in [5.41, 5.74) is 5.84. The topological polar surface area (TPSA) is 46.3 Å². The molecule has 1 aliphatic heterocycles. The lowest BCUT2D eigenvalue weighted by Crippen LogP contribution is -2.51. The van der Waals surface area contributed by atoms with Gasteiger partial charge in [0.05, 0.1) is 6.04 Å². The molecule has 18 heavy (non-hydrogen) atoms. The molecule has 1 saturated heterocycles. The number of nitrogens with zero attached hydrogens (tertiary/aromatic N) is 1. The Morgan fingerprint density at radius 2 is 1.83 bits per heavy atom. The Bertz CT molecular complexity index is 236. The predicted octanol–water partition coefficient (Wildman–Crippen LogP) is 2.96. The van der Waals surface area contributed by atoms with Crippen molar-refractivity contribution in [2.24, 2.45) is 11.7 Å². The standard InChI is InChI=1S/C14H28N2O.ClH/c1-3-4-5-6-7-8-9-16-11-12(2)10-13(15)14(16)17;/h12-13H,3-11,15H2,1-2H3;1H/t12?,13-;/m0./s1. The van der Waals surface area contributed by atoms with E-state index < -0.39 is 0 Å². The molecule has 2 atom stereocenters. The second-order valence-electron chi connectivity index (χ2n) is 5.50. The molecule has 3 nitrogen and oxygen atoms in total. The van der Waals surface area contributed by atoms with Crippen LogP contribution in [-0.4, -0.2) is 29.9 Å². The Kier molecular flexibility index (Phi) is 9.47. The van der Waals surface area contributed by atoms with Crippen molar-refractivity contribution in [3.8, 4) is 0 Å². The largest absolute Gasteiger partial charge is 0.341 e. The third-order valence-corrected chi connectivity index (χ3v) is 3.60. The minimum Gasteiger partial charge on any atom is -0.341 e. The summed E-state index contributed by atoms with van der Waals surface area (Å²) in [6, 6.07) is -0.251. The van der Waals surface area contributed by atoms with Gasteiger partial charge in [-0.25, -0.2) is 0 Å². The van der Waals surface area contributed by atoms with Crippen molar-refractivity contribution in [2.75, 3.05) is 13.1 Å². The normalized spacial score (nSPS) is 23.9. The van der Waals surface area contributed by atoms with Gasteiger partial charge in [-0.2, -0.15) is 0 Å². The van der Waals surface area contributed by atoms with Gasteiger partial charge >= 0.3 is 0 Å². The summed E-state index contributed by atoms with van der Waals surface area (Å²) in [6.45, 7) is 6.22. The van der Waals surface area contributed by atoms with Gasteiger partial charge in [-0.1, -0.05) is 46.0 Å². The number of piperidine rings is 1. The first-order valence-corrected chi connectivity index (χ1v) is 7.19. The number of hydrogen-bond donors (Lipinski definition) is 1. The summed E-state index contributed by atoms with van der Waals surface area (Å²) >= 11 is 0. The van der Waals surface area contributed by atoms with E-state index in [4.69, 9.17) is 5.73 Å². The highest BCUT2D eigenvalue weighted by atomic mass is 35.5. The number of unbranched alkanes of at least 4 members (excludes halogenated alkanes) is 5. The maximum absolute atomic E-state index is 11.8. The van der Waals surface area contributed by atoms with Crippen molar-refractivity contribution in [1.29, 1.82) is 0 Å². The Morgan fingerprint density at radius 1 is 1.22 bits per heavy atom. The molecule has 0 aromatic heterocycles. The molecule has 4 heteroatoms. The van der Waals surface area contributed by atoms with E-state index in [1.807, 2.05) is 4.90 Å². The first-order chi connectivity index (χ1) is 8.15. The summed E-state index contributed by atoms with van der Waals surface area (Å²) in [5.74, 6) is 0.722. The third-order valence-electron chi connectivity index (χ3n) is 3.60. The molecule has 0 aromatic carbocycles. The van der Waals surface area contributed by atoms with Crippen LogP contribution >= 0.6 is 12.4 Å². The van der Waals surface area contributed by atoms with Crippen LogP contribution in [0.5, 0.6) is 0 Å². The second-order valence-corrected chi connectivity index (χ2v) is 5.50. The first kappa shape index (κ1) is 17.7. The van der Waals surface area contributed by atoms with Crippen LogP contribution in [0.15, 0.2) is 0 Å². The molecule has 108 valence electrons. The average molecular weight is 277 g/mol. The van der Waals surface area contributed by atoms with Crippen LogP contribution in [0.3, 0.4) is 0 Å². The summed E-state index contributed by atoms with van der Waals surface area (Å²) < 4.78 is 0. The molecular formula is C14H29ClN2O. The van der Waals surface area contributed by atoms with Crippen LogP contribution in [0, 0.1) is 5.92 Å². The van der Waals surface area contributed by atoms with Gasteiger partial charge in [-0.3, -0.25) is 4.79 Å². The van der Waals surface area contributed by atoms with Crippen molar-refractivity contribution in [1.82, 2.24) is 4.90 Å². The van der Waals surface area contributed by atoms with E-state index in [1.54, 1.807) is 0 Å². The van der Waals surface area contributed by atoms with Crippen molar-refractivity contribution in [3.05, 3.63) is 0 Å². The maximum Gasteiger partial charge on any atom is 0.239 e. The number of rotatable bonds is 7. The van der Waals surface area contributed by atoms with Gasteiger partial charge in [0.25, 0.3) is 0 Å². The lowest BCUT2D eigenvalue weighted by molar-refractivity contribution is -0.136. The SMILES string of the molecule is CCCCCCCCN1CC(C)C[C@H](N)C1=O.Cl. The fourth-order valence-electron chi connectivity index (χ4n) is 2.59. The number of likely N-dealkylation sites (tertiary alicyclic amines) is 1. The van der Waals surface area contributed by atoms with Crippen LogP contribution in [0.4, 0.5) is 0 Å². The molecule has 0 saturated carbocycles. The minimum absolute atomic E-state index is 0. The molecule has 1 rings (SSSR count). The number of hydrogen-bond acceptors (Lipinski definition) is 2. The van der Waals surface area contributed by atoms with Gasteiger partial charge in [-0.05, 0) is 18.8 Å². The predicted molar refractivity (Wildman–Crippen MR) is 79.0 cm³/mol. The number of amides is 1. The zero-order valence-corrected chi connectivity index (χ0v) is 12.7. The van der Waals surface area contributed by atoms with Crippen molar-refractivity contribution in [3.63, 3.8) is 0 Å². The van der Waals surface area contributed by atoms with Crippen LogP contribution < -0.4 is 5.73 Å². The van der Waals surface area contributed by atoms with Gasteiger partial charge < -0.3 is 10.6 Å². The Balaban J connectivity index is 0.00000289. The van der Waals surface area contributed by atoms with Crippen LogP contribution in [0.2, 0.25) is 0 Å². The van der Waals surface area contributed by atoms with Gasteiger partial charge in [0.15, 0.2) is 0 Å². The maximum atomic E-state index is 11.8. The van der Waals surface area contributed by atoms with E-state index in [0.29, 0.717) is 5.92 Å². The average Bonchev–Trinajstić information content (AvgIpc) is 2.29. The zero-order chi connectivity index (χ0) is 12.7. The van der Waals surface area contributed by atoms with Gasteiger partial charge in [0.2, 0.25) is 5.91 Å². The molecule has 0 radical (unpaired) electrons. The number of carbonyl (C=O) groups is 1. The lowest BCUT2D eigenvalue weighted by Gasteiger charge is -2.34. The van der Waals surface area contributed by atoms with E-state index in [0.717, 1.165) is 25.9 Å². The number of halogens is 1. The smallest absolute Gasteiger partial charge is 0.239 e. The highest BCUT2D eigenvalue weighted by Crippen LogP contribution is 2.17. The van der Waals surface area contributed by atoms with Crippen LogP contribution in [-0.2, 0) is 4.79 Å². The Hall–Kier alpha value is -0.280. The molecule has 0 bridgehead atoms. The molecule has 0 spiro atoms. The molecule has 0 aromatic rings. The van der Waals surface area contributed by atoms with Gasteiger partial charge in [0.1, 0.15) is 0 Å². The number of carbonyl (C=O) groups excluding carboxylic acids is 1. The molecule has 1 unspecified atom stereocenters. The molecular weight excluding hydrogens is 248 g/mol. The van der Waals surface area contributed by atoms with E-state index >= 15 is 0 Å².